The molecule has 0 saturated heterocycles. The molecule has 3 rings (SSSR count). The molecule has 1 heterocycles. The van der Waals surface area contributed by atoms with E-state index in [1.54, 1.807) is 0 Å². The number of nitrogens with zero attached hydrogens (tertiary/aromatic N) is 1. The zero-order valence-electron chi connectivity index (χ0n) is 15.8. The van der Waals surface area contributed by atoms with Gasteiger partial charge >= 0.3 is 0 Å². The summed E-state index contributed by atoms with van der Waals surface area (Å²) in [5.41, 5.74) is 4.56. The minimum Gasteiger partial charge on any atom is -0.492 e. The van der Waals surface area contributed by atoms with Crippen molar-refractivity contribution < 1.29 is 9.53 Å². The summed E-state index contributed by atoms with van der Waals surface area (Å²) in [6.45, 7) is 6.73. The van der Waals surface area contributed by atoms with E-state index < -0.39 is 0 Å². The third-order valence-electron chi connectivity index (χ3n) is 4.29. The smallest absolute Gasteiger partial charge is 0.226 e. The maximum Gasteiger partial charge on any atom is 0.226 e. The summed E-state index contributed by atoms with van der Waals surface area (Å²) in [7, 11) is 0. The number of rotatable bonds is 7. The number of hydrogen-bond acceptors (Lipinski definition) is 4. The van der Waals surface area contributed by atoms with Crippen molar-refractivity contribution >= 4 is 48.5 Å². The summed E-state index contributed by atoms with van der Waals surface area (Å²) < 4.78 is 7.83. The summed E-state index contributed by atoms with van der Waals surface area (Å²) >= 11 is 5.04. The van der Waals surface area contributed by atoms with E-state index in [4.69, 9.17) is 4.74 Å². The predicted molar refractivity (Wildman–Crippen MR) is 116 cm³/mol. The number of ether oxygens (including phenoxy) is 1. The number of anilines is 1. The van der Waals surface area contributed by atoms with Crippen LogP contribution in [0, 0.1) is 13.8 Å². The molecule has 1 N–H and O–H groups in total. The lowest BCUT2D eigenvalue weighted by molar-refractivity contribution is -0.116. The first-order valence-corrected chi connectivity index (χ1v) is 10.7. The molecule has 1 aromatic heterocycles. The van der Waals surface area contributed by atoms with Gasteiger partial charge in [0.2, 0.25) is 5.91 Å². The summed E-state index contributed by atoms with van der Waals surface area (Å²) in [5.74, 6) is 0.775. The average molecular weight is 447 g/mol. The van der Waals surface area contributed by atoms with Crippen molar-refractivity contribution in [2.45, 2.75) is 40.0 Å². The monoisotopic (exact) mass is 446 g/mol. The van der Waals surface area contributed by atoms with Crippen LogP contribution >= 0.6 is 27.3 Å². The van der Waals surface area contributed by atoms with Crippen LogP contribution in [0.3, 0.4) is 0 Å². The molecule has 0 spiro atoms. The molecule has 27 heavy (non-hydrogen) atoms. The molecule has 4 nitrogen and oxygen atoms in total. The number of carbonyl (C=O) groups excluding carboxylic acids is 1. The summed E-state index contributed by atoms with van der Waals surface area (Å²) in [4.78, 5) is 16.7. The molecule has 0 aliphatic heterocycles. The van der Waals surface area contributed by atoms with Crippen molar-refractivity contribution in [3.8, 4) is 5.75 Å². The first-order valence-electron chi connectivity index (χ1n) is 9.05. The lowest BCUT2D eigenvalue weighted by Crippen LogP contribution is -2.12. The van der Waals surface area contributed by atoms with Crippen molar-refractivity contribution in [3.05, 3.63) is 51.5 Å². The van der Waals surface area contributed by atoms with Gasteiger partial charge in [0.1, 0.15) is 5.75 Å². The molecular formula is C21H23BrN2O2S. The summed E-state index contributed by atoms with van der Waals surface area (Å²) in [6, 6.07) is 10.3. The van der Waals surface area contributed by atoms with Crippen LogP contribution in [0.2, 0.25) is 0 Å². The summed E-state index contributed by atoms with van der Waals surface area (Å²) in [6.07, 6.45) is 2.04. The molecule has 3 aromatic rings. The van der Waals surface area contributed by atoms with Gasteiger partial charge < -0.3 is 10.1 Å². The van der Waals surface area contributed by atoms with Crippen molar-refractivity contribution in [1.82, 2.24) is 4.98 Å². The van der Waals surface area contributed by atoms with Gasteiger partial charge in [-0.3, -0.25) is 4.79 Å². The number of aryl methyl sites for hydroxylation is 3. The maximum absolute atomic E-state index is 12.2. The molecule has 0 aliphatic carbocycles. The predicted octanol–water partition coefficient (Wildman–Crippen LogP) is 6.04. The Morgan fingerprint density at radius 1 is 1.26 bits per heavy atom. The SMILES string of the molecule is CCc1ccc(OCCCC(=O)Nc2nc3c(C)cc(C)cc3s2)c(Br)c1. The van der Waals surface area contributed by atoms with Crippen LogP contribution in [0.4, 0.5) is 5.13 Å². The highest BCUT2D eigenvalue weighted by molar-refractivity contribution is 9.10. The minimum atomic E-state index is -0.0348. The second-order valence-corrected chi connectivity index (χ2v) is 8.45. The molecule has 0 bridgehead atoms. The molecule has 0 radical (unpaired) electrons. The maximum atomic E-state index is 12.2. The van der Waals surface area contributed by atoms with E-state index in [9.17, 15) is 4.79 Å². The molecular weight excluding hydrogens is 424 g/mol. The Hall–Kier alpha value is -1.92. The molecule has 2 aromatic carbocycles. The molecule has 0 aliphatic rings. The number of thiazole rings is 1. The first kappa shape index (κ1) is 19.8. The zero-order chi connectivity index (χ0) is 19.4. The molecule has 142 valence electrons. The Bertz CT molecular complexity index is 968. The molecule has 6 heteroatoms. The van der Waals surface area contributed by atoms with E-state index in [-0.39, 0.29) is 5.91 Å². The van der Waals surface area contributed by atoms with Gasteiger partial charge in [0.15, 0.2) is 5.13 Å². The Balaban J connectivity index is 1.49. The van der Waals surface area contributed by atoms with Crippen LogP contribution < -0.4 is 10.1 Å². The highest BCUT2D eigenvalue weighted by atomic mass is 79.9. The van der Waals surface area contributed by atoms with Crippen molar-refractivity contribution in [3.63, 3.8) is 0 Å². The first-order chi connectivity index (χ1) is 13.0. The normalized spacial score (nSPS) is 11.0. The Morgan fingerprint density at radius 2 is 2.07 bits per heavy atom. The topological polar surface area (TPSA) is 51.2 Å². The second-order valence-electron chi connectivity index (χ2n) is 6.57. The number of hydrogen-bond donors (Lipinski definition) is 1. The van der Waals surface area contributed by atoms with E-state index in [1.165, 1.54) is 22.5 Å². The highest BCUT2D eigenvalue weighted by Crippen LogP contribution is 2.29. The average Bonchev–Trinajstić information content (AvgIpc) is 3.02. The van der Waals surface area contributed by atoms with Gasteiger partial charge in [0, 0.05) is 6.42 Å². The number of fused-ring (bicyclic) bond motifs is 1. The number of benzene rings is 2. The van der Waals surface area contributed by atoms with Crippen LogP contribution in [0.5, 0.6) is 5.75 Å². The third kappa shape index (κ3) is 5.08. The number of nitrogens with one attached hydrogen (secondary N) is 1. The fraction of sp³-hybridized carbons (Fsp3) is 0.333. The lowest BCUT2D eigenvalue weighted by atomic mass is 10.1. The van der Waals surface area contributed by atoms with Crippen molar-refractivity contribution in [2.75, 3.05) is 11.9 Å². The lowest BCUT2D eigenvalue weighted by Gasteiger charge is -2.09. The number of halogens is 1. The van der Waals surface area contributed by atoms with Gasteiger partial charge in [0.25, 0.3) is 0 Å². The molecule has 0 unspecified atom stereocenters. The Morgan fingerprint density at radius 3 is 2.81 bits per heavy atom. The van der Waals surface area contributed by atoms with Crippen LogP contribution in [0.15, 0.2) is 34.8 Å². The fourth-order valence-corrected chi connectivity index (χ4v) is 4.50. The molecule has 0 saturated carbocycles. The van der Waals surface area contributed by atoms with Crippen LogP contribution in [-0.4, -0.2) is 17.5 Å². The van der Waals surface area contributed by atoms with Crippen LogP contribution in [-0.2, 0) is 11.2 Å². The highest BCUT2D eigenvalue weighted by Gasteiger charge is 2.10. The Kier molecular flexibility index (Phi) is 6.50. The quantitative estimate of drug-likeness (QED) is 0.450. The fourth-order valence-electron chi connectivity index (χ4n) is 2.90. The zero-order valence-corrected chi connectivity index (χ0v) is 18.2. The second kappa shape index (κ2) is 8.85. The van der Waals surface area contributed by atoms with Crippen molar-refractivity contribution in [2.24, 2.45) is 0 Å². The van der Waals surface area contributed by atoms with Crippen LogP contribution in [0.25, 0.3) is 10.2 Å². The van der Waals surface area contributed by atoms with E-state index >= 15 is 0 Å². The van der Waals surface area contributed by atoms with Gasteiger partial charge in [-0.15, -0.1) is 0 Å². The van der Waals surface area contributed by atoms with Crippen molar-refractivity contribution in [1.29, 1.82) is 0 Å². The van der Waals surface area contributed by atoms with E-state index in [2.05, 4.69) is 64.3 Å². The van der Waals surface area contributed by atoms with Gasteiger partial charge in [-0.25, -0.2) is 4.98 Å². The standard InChI is InChI=1S/C21H23BrN2O2S/c1-4-15-7-8-17(16(22)12-15)26-9-5-6-19(25)23-21-24-20-14(3)10-13(2)11-18(20)27-21/h7-8,10-12H,4-6,9H2,1-3H3,(H,23,24,25). The van der Waals surface area contributed by atoms with E-state index in [1.807, 2.05) is 13.0 Å². The van der Waals surface area contributed by atoms with Crippen LogP contribution in [0.1, 0.15) is 36.5 Å². The largest absolute Gasteiger partial charge is 0.492 e. The minimum absolute atomic E-state index is 0.0348. The van der Waals surface area contributed by atoms with Gasteiger partial charge in [-0.1, -0.05) is 30.4 Å². The van der Waals surface area contributed by atoms with E-state index in [0.29, 0.717) is 24.6 Å². The third-order valence-corrected chi connectivity index (χ3v) is 5.82. The molecule has 1 amide bonds. The molecule has 0 fully saturated rings. The number of amides is 1. The van der Waals surface area contributed by atoms with E-state index in [0.717, 1.165) is 32.4 Å². The molecule has 0 atom stereocenters. The number of carbonyl (C=O) groups is 1. The van der Waals surface area contributed by atoms with Gasteiger partial charge in [-0.05, 0) is 77.5 Å². The van der Waals surface area contributed by atoms with Gasteiger partial charge in [-0.2, -0.15) is 0 Å². The van der Waals surface area contributed by atoms with Gasteiger partial charge in [0.05, 0.1) is 21.3 Å². The summed E-state index contributed by atoms with van der Waals surface area (Å²) in [5, 5.41) is 3.56. The Labute approximate surface area is 172 Å². The number of aromatic nitrogens is 1.